The Hall–Kier alpha value is -1.93. The van der Waals surface area contributed by atoms with Crippen LogP contribution in [0.4, 0.5) is 5.00 Å². The van der Waals surface area contributed by atoms with E-state index in [1.807, 2.05) is 13.8 Å². The molecule has 0 fully saturated rings. The van der Waals surface area contributed by atoms with Crippen molar-refractivity contribution >= 4 is 34.1 Å². The van der Waals surface area contributed by atoms with Gasteiger partial charge in [0.2, 0.25) is 11.8 Å². The maximum absolute atomic E-state index is 12.1. The predicted octanol–water partition coefficient (Wildman–Crippen LogP) is 1.07. The van der Waals surface area contributed by atoms with Gasteiger partial charge < -0.3 is 15.4 Å². The number of amides is 2. The number of carbonyl (C=O) groups excluding carboxylic acids is 3. The molecule has 23 heavy (non-hydrogen) atoms. The average Bonchev–Trinajstić information content (AvgIpc) is 2.82. The summed E-state index contributed by atoms with van der Waals surface area (Å²) in [5.41, 5.74) is 1.32. The summed E-state index contributed by atoms with van der Waals surface area (Å²) in [5.74, 6) is -0.948. The molecule has 8 heteroatoms. The fourth-order valence-corrected chi connectivity index (χ4v) is 3.21. The van der Waals surface area contributed by atoms with Crippen molar-refractivity contribution in [1.29, 1.82) is 0 Å². The summed E-state index contributed by atoms with van der Waals surface area (Å²) < 4.78 is 5.08. The molecule has 0 aliphatic heterocycles. The van der Waals surface area contributed by atoms with Crippen LogP contribution in [0.1, 0.15) is 34.6 Å². The first-order chi connectivity index (χ1) is 10.9. The highest BCUT2D eigenvalue weighted by atomic mass is 32.1. The van der Waals surface area contributed by atoms with Crippen LogP contribution in [0, 0.1) is 6.92 Å². The summed E-state index contributed by atoms with van der Waals surface area (Å²) in [6.45, 7) is 5.91. The number of thiophene rings is 1. The lowest BCUT2D eigenvalue weighted by Gasteiger charge is -2.08. The molecular weight excluding hydrogens is 318 g/mol. The molecule has 1 aromatic heterocycles. The minimum atomic E-state index is -0.428. The number of carbonyl (C=O) groups is 3. The van der Waals surface area contributed by atoms with Crippen molar-refractivity contribution in [2.45, 2.75) is 27.2 Å². The Bertz CT molecular complexity index is 584. The molecule has 0 atom stereocenters. The minimum absolute atomic E-state index is 0.0198. The maximum Gasteiger partial charge on any atom is 0.341 e. The van der Waals surface area contributed by atoms with E-state index in [-0.39, 0.29) is 31.5 Å². The van der Waals surface area contributed by atoms with Crippen molar-refractivity contribution in [2.24, 2.45) is 0 Å². The first kappa shape index (κ1) is 19.1. The third kappa shape index (κ3) is 5.33. The highest BCUT2D eigenvalue weighted by Gasteiger charge is 2.23. The number of nitrogens with one attached hydrogen (secondary N) is 3. The average molecular weight is 341 g/mol. The molecule has 128 valence electrons. The van der Waals surface area contributed by atoms with E-state index in [0.717, 1.165) is 10.4 Å². The van der Waals surface area contributed by atoms with Crippen molar-refractivity contribution in [3.05, 3.63) is 16.0 Å². The lowest BCUT2D eigenvalue weighted by Crippen LogP contribution is -2.36. The van der Waals surface area contributed by atoms with E-state index < -0.39 is 5.97 Å². The van der Waals surface area contributed by atoms with Crippen LogP contribution in [0.2, 0.25) is 0 Å². The SMILES string of the molecule is CCOC(=O)c1c(NC(=O)CNCC(=O)NC)sc(C)c1CC. The van der Waals surface area contributed by atoms with Gasteiger partial charge in [-0.2, -0.15) is 0 Å². The number of likely N-dealkylation sites (N-methyl/N-ethyl adjacent to an activating group) is 1. The Morgan fingerprint density at radius 1 is 1.13 bits per heavy atom. The van der Waals surface area contributed by atoms with E-state index in [4.69, 9.17) is 4.74 Å². The maximum atomic E-state index is 12.1. The molecule has 7 nitrogen and oxygen atoms in total. The number of hydrogen-bond acceptors (Lipinski definition) is 6. The van der Waals surface area contributed by atoms with Crippen LogP contribution in [0.15, 0.2) is 0 Å². The molecule has 2 amide bonds. The molecule has 0 aliphatic carbocycles. The van der Waals surface area contributed by atoms with Gasteiger partial charge in [0.15, 0.2) is 0 Å². The van der Waals surface area contributed by atoms with Crippen molar-refractivity contribution in [1.82, 2.24) is 10.6 Å². The van der Waals surface area contributed by atoms with Crippen molar-refractivity contribution in [3.8, 4) is 0 Å². The van der Waals surface area contributed by atoms with Crippen LogP contribution in [-0.2, 0) is 20.7 Å². The zero-order valence-corrected chi connectivity index (χ0v) is 14.7. The van der Waals surface area contributed by atoms with Crippen LogP contribution in [0.25, 0.3) is 0 Å². The van der Waals surface area contributed by atoms with Crippen molar-refractivity contribution in [2.75, 3.05) is 32.1 Å². The summed E-state index contributed by atoms with van der Waals surface area (Å²) in [6, 6.07) is 0. The molecule has 0 aliphatic rings. The first-order valence-corrected chi connectivity index (χ1v) is 8.26. The van der Waals surface area contributed by atoms with Gasteiger partial charge in [-0.15, -0.1) is 11.3 Å². The van der Waals surface area contributed by atoms with Gasteiger partial charge in [0, 0.05) is 11.9 Å². The second-order valence-electron chi connectivity index (χ2n) is 4.74. The number of ether oxygens (including phenoxy) is 1. The van der Waals surface area contributed by atoms with Crippen molar-refractivity contribution < 1.29 is 19.1 Å². The zero-order valence-electron chi connectivity index (χ0n) is 13.9. The molecule has 1 heterocycles. The van der Waals surface area contributed by atoms with Gasteiger partial charge in [-0.3, -0.25) is 14.9 Å². The van der Waals surface area contributed by atoms with Crippen LogP contribution < -0.4 is 16.0 Å². The molecule has 0 saturated heterocycles. The molecular formula is C15H23N3O4S. The Balaban J connectivity index is 2.81. The summed E-state index contributed by atoms with van der Waals surface area (Å²) in [7, 11) is 1.52. The highest BCUT2D eigenvalue weighted by molar-refractivity contribution is 7.16. The van der Waals surface area contributed by atoms with Gasteiger partial charge in [0.25, 0.3) is 0 Å². The smallest absolute Gasteiger partial charge is 0.341 e. The molecule has 0 bridgehead atoms. The monoisotopic (exact) mass is 341 g/mol. The summed E-state index contributed by atoms with van der Waals surface area (Å²) in [4.78, 5) is 36.2. The molecule has 0 aromatic carbocycles. The van der Waals surface area contributed by atoms with Gasteiger partial charge in [-0.25, -0.2) is 4.79 Å². The standard InChI is InChI=1S/C15H23N3O4S/c1-5-10-9(3)23-14(13(10)15(21)22-6-2)18-12(20)8-17-7-11(19)16-4/h17H,5-8H2,1-4H3,(H,16,19)(H,18,20). The van der Waals surface area contributed by atoms with Crippen LogP contribution >= 0.6 is 11.3 Å². The molecule has 0 spiro atoms. The van der Waals surface area contributed by atoms with E-state index in [1.54, 1.807) is 6.92 Å². The first-order valence-electron chi connectivity index (χ1n) is 7.45. The van der Waals surface area contributed by atoms with E-state index in [9.17, 15) is 14.4 Å². The Kier molecular flexibility index (Phi) is 7.70. The predicted molar refractivity (Wildman–Crippen MR) is 90.0 cm³/mol. The molecule has 1 rings (SSSR count). The van der Waals surface area contributed by atoms with E-state index >= 15 is 0 Å². The Morgan fingerprint density at radius 2 is 1.78 bits per heavy atom. The number of anilines is 1. The second kappa shape index (κ2) is 9.26. The molecule has 3 N–H and O–H groups in total. The largest absolute Gasteiger partial charge is 0.462 e. The van der Waals surface area contributed by atoms with Gasteiger partial charge in [-0.1, -0.05) is 6.92 Å². The Morgan fingerprint density at radius 3 is 2.35 bits per heavy atom. The second-order valence-corrected chi connectivity index (χ2v) is 5.96. The Labute approximate surface area is 139 Å². The van der Waals surface area contributed by atoms with Crippen LogP contribution in [-0.4, -0.2) is 44.5 Å². The lowest BCUT2D eigenvalue weighted by atomic mass is 10.1. The van der Waals surface area contributed by atoms with Gasteiger partial charge >= 0.3 is 5.97 Å². The van der Waals surface area contributed by atoms with Gasteiger partial charge in [0.1, 0.15) is 5.00 Å². The summed E-state index contributed by atoms with van der Waals surface area (Å²) in [6.07, 6.45) is 0.682. The van der Waals surface area contributed by atoms with Gasteiger partial charge in [-0.05, 0) is 25.8 Å². The normalized spacial score (nSPS) is 10.3. The fourth-order valence-electron chi connectivity index (χ4n) is 2.06. The number of aryl methyl sites for hydroxylation is 1. The topological polar surface area (TPSA) is 96.5 Å². The van der Waals surface area contributed by atoms with Crippen molar-refractivity contribution in [3.63, 3.8) is 0 Å². The molecule has 0 radical (unpaired) electrons. The van der Waals surface area contributed by atoms with Crippen LogP contribution in [0.3, 0.4) is 0 Å². The number of esters is 1. The summed E-state index contributed by atoms with van der Waals surface area (Å²) in [5, 5.41) is 8.39. The summed E-state index contributed by atoms with van der Waals surface area (Å²) >= 11 is 1.35. The zero-order chi connectivity index (χ0) is 17.4. The third-order valence-electron chi connectivity index (χ3n) is 3.14. The fraction of sp³-hybridized carbons (Fsp3) is 0.533. The quantitative estimate of drug-likeness (QED) is 0.615. The lowest BCUT2D eigenvalue weighted by molar-refractivity contribution is -0.120. The minimum Gasteiger partial charge on any atom is -0.462 e. The van der Waals surface area contributed by atoms with Gasteiger partial charge in [0.05, 0.1) is 25.3 Å². The third-order valence-corrected chi connectivity index (χ3v) is 4.21. The van der Waals surface area contributed by atoms with E-state index in [1.165, 1.54) is 18.4 Å². The molecule has 0 unspecified atom stereocenters. The molecule has 1 aromatic rings. The highest BCUT2D eigenvalue weighted by Crippen LogP contribution is 2.34. The van der Waals surface area contributed by atoms with E-state index in [0.29, 0.717) is 17.0 Å². The van der Waals surface area contributed by atoms with E-state index in [2.05, 4.69) is 16.0 Å². The number of hydrogen-bond donors (Lipinski definition) is 3. The number of rotatable bonds is 8. The van der Waals surface area contributed by atoms with Crippen LogP contribution in [0.5, 0.6) is 0 Å². The molecule has 0 saturated carbocycles.